The van der Waals surface area contributed by atoms with E-state index in [1.54, 1.807) is 17.0 Å². The molecule has 0 saturated carbocycles. The second-order valence-corrected chi connectivity index (χ2v) is 10.2. The van der Waals surface area contributed by atoms with Crippen LogP contribution in [0.3, 0.4) is 0 Å². The Morgan fingerprint density at radius 3 is 2.28 bits per heavy atom. The summed E-state index contributed by atoms with van der Waals surface area (Å²) in [6.45, 7) is 0.535. The third kappa shape index (κ3) is 5.09. The largest absolute Gasteiger partial charge is 0.308 e. The van der Waals surface area contributed by atoms with Gasteiger partial charge in [0.25, 0.3) is 5.91 Å². The van der Waals surface area contributed by atoms with E-state index >= 15 is 0 Å². The van der Waals surface area contributed by atoms with Crippen LogP contribution in [0.4, 0.5) is 15.2 Å². The fourth-order valence-corrected chi connectivity index (χ4v) is 5.70. The van der Waals surface area contributed by atoms with Gasteiger partial charge in [0.2, 0.25) is 5.91 Å². The zero-order valence-electron chi connectivity index (χ0n) is 20.9. The smallest absolute Gasteiger partial charge is 0.258 e. The number of halogens is 1. The van der Waals surface area contributed by atoms with Crippen LogP contribution in [0, 0.1) is 5.82 Å². The Morgan fingerprint density at radius 2 is 1.59 bits per heavy atom. The molecule has 0 unspecified atom stereocenters. The van der Waals surface area contributed by atoms with Crippen LogP contribution >= 0.6 is 11.3 Å². The quantitative estimate of drug-likeness (QED) is 0.258. The van der Waals surface area contributed by atoms with Crippen LogP contribution in [0.25, 0.3) is 11.3 Å². The Balaban J connectivity index is 1.21. The lowest BCUT2D eigenvalue weighted by Gasteiger charge is -2.17. The number of fused-ring (bicyclic) bond motifs is 1. The Bertz CT molecular complexity index is 1610. The highest BCUT2D eigenvalue weighted by atomic mass is 32.1. The number of nitrogens with zero attached hydrogens (tertiary/aromatic N) is 2. The van der Waals surface area contributed by atoms with E-state index in [-0.39, 0.29) is 11.8 Å². The van der Waals surface area contributed by atoms with E-state index in [1.165, 1.54) is 23.5 Å². The van der Waals surface area contributed by atoms with Crippen LogP contribution in [0.5, 0.6) is 0 Å². The number of thiazole rings is 1. The number of nitrogens with one attached hydrogen (secondary N) is 1. The molecule has 4 aromatic carbocycles. The maximum absolute atomic E-state index is 13.6. The summed E-state index contributed by atoms with van der Waals surface area (Å²) >= 11 is 1.37. The minimum absolute atomic E-state index is 0.145. The molecule has 6 rings (SSSR count). The van der Waals surface area contributed by atoms with Gasteiger partial charge in [-0.25, -0.2) is 9.37 Å². The van der Waals surface area contributed by atoms with Crippen molar-refractivity contribution in [3.63, 3.8) is 0 Å². The first-order valence-corrected chi connectivity index (χ1v) is 13.5. The minimum atomic E-state index is -0.457. The van der Waals surface area contributed by atoms with Gasteiger partial charge in [-0.05, 0) is 53.4 Å². The van der Waals surface area contributed by atoms with Crippen molar-refractivity contribution in [2.45, 2.75) is 12.3 Å². The average molecular weight is 534 g/mol. The number of amides is 2. The van der Waals surface area contributed by atoms with Gasteiger partial charge < -0.3 is 10.2 Å². The number of hydrogen-bond donors (Lipinski definition) is 1. The van der Waals surface area contributed by atoms with E-state index in [0.717, 1.165) is 33.6 Å². The lowest BCUT2D eigenvalue weighted by molar-refractivity contribution is -0.116. The first kappa shape index (κ1) is 24.7. The highest BCUT2D eigenvalue weighted by Gasteiger charge is 2.27. The normalized spacial score (nSPS) is 12.4. The number of anilines is 2. The number of benzene rings is 4. The summed E-state index contributed by atoms with van der Waals surface area (Å²) in [4.78, 5) is 32.8. The van der Waals surface area contributed by atoms with Crippen molar-refractivity contribution < 1.29 is 14.0 Å². The highest BCUT2D eigenvalue weighted by Crippen LogP contribution is 2.35. The minimum Gasteiger partial charge on any atom is -0.308 e. The molecule has 0 atom stereocenters. The second-order valence-electron chi connectivity index (χ2n) is 9.34. The van der Waals surface area contributed by atoms with Gasteiger partial charge in [0.15, 0.2) is 5.13 Å². The maximum atomic E-state index is 13.6. The molecular formula is C32H24FN3O2S. The summed E-state index contributed by atoms with van der Waals surface area (Å²) in [7, 11) is 0. The van der Waals surface area contributed by atoms with Crippen molar-refractivity contribution in [3.8, 4) is 11.3 Å². The van der Waals surface area contributed by atoms with E-state index in [2.05, 4.69) is 5.32 Å². The Hall–Kier alpha value is -4.62. The van der Waals surface area contributed by atoms with E-state index < -0.39 is 11.7 Å². The summed E-state index contributed by atoms with van der Waals surface area (Å²) < 4.78 is 13.6. The molecule has 1 aromatic heterocycles. The van der Waals surface area contributed by atoms with E-state index in [9.17, 15) is 14.0 Å². The van der Waals surface area contributed by atoms with Crippen molar-refractivity contribution in [1.82, 2.24) is 4.98 Å². The number of carbonyl (C=O) groups is 2. The molecule has 0 spiro atoms. The van der Waals surface area contributed by atoms with Crippen molar-refractivity contribution in [2.24, 2.45) is 0 Å². The zero-order valence-corrected chi connectivity index (χ0v) is 21.7. The van der Waals surface area contributed by atoms with Gasteiger partial charge in [-0.1, -0.05) is 72.8 Å². The molecule has 5 nitrogen and oxygen atoms in total. The molecule has 0 fully saturated rings. The number of hydrogen-bond acceptors (Lipinski definition) is 4. The number of rotatable bonds is 6. The van der Waals surface area contributed by atoms with E-state index in [0.29, 0.717) is 23.7 Å². The van der Waals surface area contributed by atoms with Crippen LogP contribution in [0.2, 0.25) is 0 Å². The lowest BCUT2D eigenvalue weighted by Crippen LogP contribution is -2.28. The van der Waals surface area contributed by atoms with Crippen molar-refractivity contribution in [2.75, 3.05) is 16.8 Å². The first-order valence-electron chi connectivity index (χ1n) is 12.6. The molecule has 39 heavy (non-hydrogen) atoms. The van der Waals surface area contributed by atoms with Gasteiger partial charge in [-0.3, -0.25) is 9.59 Å². The molecule has 7 heteroatoms. The molecule has 1 N–H and O–H groups in total. The lowest BCUT2D eigenvalue weighted by atomic mass is 9.90. The summed E-state index contributed by atoms with van der Waals surface area (Å²) in [5.74, 6) is -1.25. The van der Waals surface area contributed by atoms with Crippen LogP contribution < -0.4 is 10.2 Å². The Morgan fingerprint density at radius 1 is 0.872 bits per heavy atom. The highest BCUT2D eigenvalue weighted by molar-refractivity contribution is 7.14. The van der Waals surface area contributed by atoms with E-state index in [1.807, 2.05) is 84.2 Å². The fourth-order valence-electron chi connectivity index (χ4n) is 4.98. The SMILES string of the molecule is O=C(Nc1nc(-c2ccc3c(c2)CCN3C(=O)c2cccc(F)c2)cs1)C(c1ccccc1)c1ccccc1. The molecule has 2 amide bonds. The molecular weight excluding hydrogens is 509 g/mol. The average Bonchev–Trinajstić information content (AvgIpc) is 3.61. The van der Waals surface area contributed by atoms with Crippen molar-refractivity contribution in [1.29, 1.82) is 0 Å². The Labute approximate surface area is 229 Å². The van der Waals surface area contributed by atoms with Gasteiger partial charge in [-0.2, -0.15) is 0 Å². The van der Waals surface area contributed by atoms with Gasteiger partial charge in [0.05, 0.1) is 11.6 Å². The molecule has 0 bridgehead atoms. The van der Waals surface area contributed by atoms with Crippen LogP contribution in [0.15, 0.2) is 109 Å². The molecule has 0 radical (unpaired) electrons. The molecule has 192 valence electrons. The third-order valence-electron chi connectivity index (χ3n) is 6.85. The predicted octanol–water partition coefficient (Wildman–Crippen LogP) is 6.92. The monoisotopic (exact) mass is 533 g/mol. The van der Waals surface area contributed by atoms with Gasteiger partial charge in [-0.15, -0.1) is 11.3 Å². The summed E-state index contributed by atoms with van der Waals surface area (Å²) in [6, 6.07) is 31.0. The summed E-state index contributed by atoms with van der Waals surface area (Å²) in [6.07, 6.45) is 0.702. The van der Waals surface area contributed by atoms with Crippen molar-refractivity contribution in [3.05, 3.63) is 137 Å². The molecule has 2 heterocycles. The number of aromatic nitrogens is 1. The topological polar surface area (TPSA) is 62.3 Å². The van der Waals surface area contributed by atoms with Crippen LogP contribution in [-0.4, -0.2) is 23.3 Å². The molecule has 0 aliphatic carbocycles. The summed E-state index contributed by atoms with van der Waals surface area (Å²) in [5, 5.41) is 5.45. The maximum Gasteiger partial charge on any atom is 0.258 e. The van der Waals surface area contributed by atoms with Gasteiger partial charge >= 0.3 is 0 Å². The predicted molar refractivity (Wildman–Crippen MR) is 153 cm³/mol. The van der Waals surface area contributed by atoms with Gasteiger partial charge in [0, 0.05) is 28.7 Å². The van der Waals surface area contributed by atoms with Crippen molar-refractivity contribution >= 4 is 34.0 Å². The standard InChI is InChI=1S/C32H24FN3O2S/c33-26-13-7-12-25(19-26)31(38)36-17-16-24-18-23(14-15-28(24)36)27-20-39-32(34-27)35-30(37)29(21-8-3-1-4-9-21)22-10-5-2-6-11-22/h1-15,18-20,29H,16-17H2,(H,34,35,37). The molecule has 1 aliphatic heterocycles. The summed E-state index contributed by atoms with van der Waals surface area (Å²) in [5.41, 5.74) is 5.67. The fraction of sp³-hybridized carbons (Fsp3) is 0.0938. The zero-order chi connectivity index (χ0) is 26.8. The van der Waals surface area contributed by atoms with Gasteiger partial charge in [0.1, 0.15) is 5.82 Å². The third-order valence-corrected chi connectivity index (χ3v) is 7.61. The second kappa shape index (κ2) is 10.6. The Kier molecular flexibility index (Phi) is 6.73. The van der Waals surface area contributed by atoms with E-state index in [4.69, 9.17) is 4.98 Å². The van der Waals surface area contributed by atoms with Crippen LogP contribution in [-0.2, 0) is 11.2 Å². The first-order chi connectivity index (χ1) is 19.1. The molecule has 0 saturated heterocycles. The van der Waals surface area contributed by atoms with Crippen LogP contribution in [0.1, 0.15) is 33.0 Å². The number of carbonyl (C=O) groups excluding carboxylic acids is 2. The molecule has 5 aromatic rings. The molecule has 1 aliphatic rings.